The van der Waals surface area contributed by atoms with Crippen molar-refractivity contribution in [3.8, 4) is 0 Å². The Kier molecular flexibility index (Phi) is 5.18. The normalized spacial score (nSPS) is 19.1. The lowest BCUT2D eigenvalue weighted by Gasteiger charge is -2.32. The summed E-state index contributed by atoms with van der Waals surface area (Å²) in [6.07, 6.45) is 4.36. The van der Waals surface area contributed by atoms with Crippen molar-refractivity contribution < 1.29 is 13.2 Å². The highest BCUT2D eigenvalue weighted by Gasteiger charge is 2.33. The molecule has 0 radical (unpaired) electrons. The monoisotopic (exact) mass is 393 g/mol. The highest BCUT2D eigenvalue weighted by atomic mass is 19.4. The van der Waals surface area contributed by atoms with Gasteiger partial charge in [-0.2, -0.15) is 13.2 Å². The third-order valence-corrected chi connectivity index (χ3v) is 5.41. The number of rotatable bonds is 5. The average Bonchev–Trinajstić information content (AvgIpc) is 3.50. The van der Waals surface area contributed by atoms with Crippen LogP contribution in [0.1, 0.15) is 48.7 Å². The molecule has 0 bridgehead atoms. The Hall–Kier alpha value is -2.29. The zero-order valence-electron chi connectivity index (χ0n) is 15.4. The fourth-order valence-electron chi connectivity index (χ4n) is 3.58. The summed E-state index contributed by atoms with van der Waals surface area (Å²) in [7, 11) is 0. The Morgan fingerprint density at radius 3 is 2.29 bits per heavy atom. The number of piperidine rings is 1. The summed E-state index contributed by atoms with van der Waals surface area (Å²) in [5.74, 6) is 1.74. The van der Waals surface area contributed by atoms with E-state index in [0.717, 1.165) is 50.2 Å². The minimum absolute atomic E-state index is 0.251. The van der Waals surface area contributed by atoms with E-state index in [0.29, 0.717) is 18.5 Å². The van der Waals surface area contributed by atoms with Gasteiger partial charge < -0.3 is 0 Å². The predicted molar refractivity (Wildman–Crippen MR) is 95.5 cm³/mol. The third kappa shape index (κ3) is 4.57. The van der Waals surface area contributed by atoms with Crippen molar-refractivity contribution in [2.75, 3.05) is 13.1 Å². The van der Waals surface area contributed by atoms with Crippen molar-refractivity contribution in [2.45, 2.75) is 50.9 Å². The summed E-state index contributed by atoms with van der Waals surface area (Å²) in [6, 6.07) is 0.570. The summed E-state index contributed by atoms with van der Waals surface area (Å²) in [4.78, 5) is 26.5. The third-order valence-electron chi connectivity index (χ3n) is 5.41. The number of hydrogen-bond acceptors (Lipinski definition) is 5. The van der Waals surface area contributed by atoms with Crippen LogP contribution in [0.4, 0.5) is 13.2 Å². The maximum absolute atomic E-state index is 12.6. The summed E-state index contributed by atoms with van der Waals surface area (Å²) in [5, 5.41) is 0. The molecule has 0 N–H and O–H groups in total. The molecule has 1 saturated carbocycles. The number of alkyl halides is 3. The quantitative estimate of drug-likeness (QED) is 0.782. The molecular weight excluding hydrogens is 371 g/mol. The summed E-state index contributed by atoms with van der Waals surface area (Å²) < 4.78 is 39.1. The van der Waals surface area contributed by atoms with E-state index < -0.39 is 17.4 Å². The summed E-state index contributed by atoms with van der Waals surface area (Å²) >= 11 is 0. The second-order valence-electron chi connectivity index (χ2n) is 7.71. The van der Waals surface area contributed by atoms with Gasteiger partial charge in [0.2, 0.25) is 0 Å². The van der Waals surface area contributed by atoms with Gasteiger partial charge in [0.25, 0.3) is 5.56 Å². The van der Waals surface area contributed by atoms with E-state index in [1.807, 2.05) is 12.4 Å². The molecule has 150 valence electrons. The highest BCUT2D eigenvalue weighted by molar-refractivity contribution is 5.11. The molecule has 0 amide bonds. The Morgan fingerprint density at radius 1 is 1.04 bits per heavy atom. The molecule has 0 spiro atoms. The zero-order valence-corrected chi connectivity index (χ0v) is 15.4. The van der Waals surface area contributed by atoms with Gasteiger partial charge in [-0.25, -0.2) is 15.0 Å². The van der Waals surface area contributed by atoms with E-state index in [4.69, 9.17) is 0 Å². The lowest BCUT2D eigenvalue weighted by atomic mass is 9.96. The molecule has 0 atom stereocenters. The van der Waals surface area contributed by atoms with E-state index in [1.165, 1.54) is 17.4 Å². The first-order valence-corrected chi connectivity index (χ1v) is 9.55. The van der Waals surface area contributed by atoms with Gasteiger partial charge in [0.1, 0.15) is 5.82 Å². The van der Waals surface area contributed by atoms with E-state index in [1.54, 1.807) is 0 Å². The van der Waals surface area contributed by atoms with Crippen molar-refractivity contribution in [1.29, 1.82) is 0 Å². The molecule has 3 heterocycles. The molecular formula is C19H22F3N5O. The molecule has 0 aromatic carbocycles. The number of halogens is 3. The minimum Gasteiger partial charge on any atom is -0.299 e. The molecule has 1 aliphatic heterocycles. The molecule has 4 rings (SSSR count). The van der Waals surface area contributed by atoms with Gasteiger partial charge in [-0.05, 0) is 44.7 Å². The predicted octanol–water partition coefficient (Wildman–Crippen LogP) is 2.84. The zero-order chi connectivity index (χ0) is 19.7. The molecule has 2 fully saturated rings. The lowest BCUT2D eigenvalue weighted by molar-refractivity contribution is -0.141. The molecule has 28 heavy (non-hydrogen) atoms. The summed E-state index contributed by atoms with van der Waals surface area (Å²) in [5.41, 5.74) is -0.706. The largest absolute Gasteiger partial charge is 0.433 e. The Labute approximate surface area is 160 Å². The number of hydrogen-bond donors (Lipinski definition) is 0. The van der Waals surface area contributed by atoms with Crippen molar-refractivity contribution in [3.05, 3.63) is 52.2 Å². The summed E-state index contributed by atoms with van der Waals surface area (Å²) in [6.45, 7) is 2.94. The topological polar surface area (TPSA) is 63.9 Å². The first kappa shape index (κ1) is 19.0. The van der Waals surface area contributed by atoms with Crippen LogP contribution in [0.2, 0.25) is 0 Å². The van der Waals surface area contributed by atoms with Crippen LogP contribution >= 0.6 is 0 Å². The SMILES string of the molecule is O=c1cc(C(F)(F)F)ncn1CC1CCN(Cc2cnc(C3CC3)nc2)CC1. The molecule has 0 unspecified atom stereocenters. The fourth-order valence-corrected chi connectivity index (χ4v) is 3.58. The van der Waals surface area contributed by atoms with Crippen LogP contribution in [-0.4, -0.2) is 37.5 Å². The Bertz CT molecular complexity index is 868. The second-order valence-corrected chi connectivity index (χ2v) is 7.71. The van der Waals surface area contributed by atoms with E-state index in [2.05, 4.69) is 19.9 Å². The van der Waals surface area contributed by atoms with Gasteiger partial charge in [0.15, 0.2) is 5.69 Å². The number of likely N-dealkylation sites (tertiary alicyclic amines) is 1. The van der Waals surface area contributed by atoms with Crippen LogP contribution in [0.25, 0.3) is 0 Å². The molecule has 1 saturated heterocycles. The fraction of sp³-hybridized carbons (Fsp3) is 0.579. The Morgan fingerprint density at radius 2 is 1.71 bits per heavy atom. The van der Waals surface area contributed by atoms with Crippen molar-refractivity contribution in [3.63, 3.8) is 0 Å². The number of nitrogens with zero attached hydrogens (tertiary/aromatic N) is 5. The van der Waals surface area contributed by atoms with Crippen LogP contribution in [0.3, 0.4) is 0 Å². The van der Waals surface area contributed by atoms with Crippen LogP contribution in [0, 0.1) is 5.92 Å². The smallest absolute Gasteiger partial charge is 0.299 e. The lowest BCUT2D eigenvalue weighted by Crippen LogP contribution is -2.36. The van der Waals surface area contributed by atoms with Gasteiger partial charge in [-0.15, -0.1) is 0 Å². The number of aromatic nitrogens is 4. The van der Waals surface area contributed by atoms with Gasteiger partial charge in [0.05, 0.1) is 6.33 Å². The van der Waals surface area contributed by atoms with Gasteiger partial charge in [0, 0.05) is 43.0 Å². The maximum Gasteiger partial charge on any atom is 0.433 e. The van der Waals surface area contributed by atoms with E-state index >= 15 is 0 Å². The first-order chi connectivity index (χ1) is 13.4. The van der Waals surface area contributed by atoms with Gasteiger partial charge in [-0.3, -0.25) is 14.3 Å². The van der Waals surface area contributed by atoms with Gasteiger partial charge >= 0.3 is 6.18 Å². The highest BCUT2D eigenvalue weighted by Crippen LogP contribution is 2.37. The molecule has 2 aliphatic rings. The van der Waals surface area contributed by atoms with Crippen LogP contribution in [0.5, 0.6) is 0 Å². The van der Waals surface area contributed by atoms with Crippen molar-refractivity contribution in [2.24, 2.45) is 5.92 Å². The first-order valence-electron chi connectivity index (χ1n) is 9.55. The van der Waals surface area contributed by atoms with Gasteiger partial charge in [-0.1, -0.05) is 0 Å². The standard InChI is InChI=1S/C19H22F3N5O/c20-19(21,22)16-7-17(28)27(12-25-16)11-13-3-5-26(6-4-13)10-14-8-23-18(24-9-14)15-1-2-15/h7-9,12-13,15H,1-6,10-11H2. The molecule has 2 aromatic rings. The van der Waals surface area contributed by atoms with E-state index in [9.17, 15) is 18.0 Å². The molecule has 6 nitrogen and oxygen atoms in total. The van der Waals surface area contributed by atoms with Crippen molar-refractivity contribution in [1.82, 2.24) is 24.4 Å². The van der Waals surface area contributed by atoms with Crippen LogP contribution in [-0.2, 0) is 19.3 Å². The second kappa shape index (κ2) is 7.62. The van der Waals surface area contributed by atoms with Crippen LogP contribution in [0.15, 0.2) is 29.6 Å². The average molecular weight is 393 g/mol. The molecule has 2 aromatic heterocycles. The molecule has 1 aliphatic carbocycles. The Balaban J connectivity index is 1.29. The van der Waals surface area contributed by atoms with E-state index in [-0.39, 0.29) is 5.92 Å². The maximum atomic E-state index is 12.6. The molecule has 9 heteroatoms. The minimum atomic E-state index is -4.59. The van der Waals surface area contributed by atoms with Crippen LogP contribution < -0.4 is 5.56 Å². The van der Waals surface area contributed by atoms with Crippen molar-refractivity contribution >= 4 is 0 Å².